The van der Waals surface area contributed by atoms with Crippen LogP contribution in [0.15, 0.2) is 12.3 Å². The van der Waals surface area contributed by atoms with Crippen LogP contribution in [-0.2, 0) is 16.4 Å². The van der Waals surface area contributed by atoms with E-state index in [4.69, 9.17) is 0 Å². The molecular weight excluding hydrogens is 250 g/mol. The lowest BCUT2D eigenvalue weighted by Crippen LogP contribution is -2.42. The highest BCUT2D eigenvalue weighted by atomic mass is 32.2. The maximum atomic E-state index is 11.5. The maximum absolute atomic E-state index is 11.5. The van der Waals surface area contributed by atoms with E-state index in [-0.39, 0.29) is 17.0 Å². The molecule has 6 heteroatoms. The molecule has 0 aliphatic carbocycles. The number of aromatic nitrogens is 2. The quantitative estimate of drug-likeness (QED) is 0.891. The Hall–Kier alpha value is -0.880. The van der Waals surface area contributed by atoms with Crippen molar-refractivity contribution in [2.75, 3.05) is 11.5 Å². The van der Waals surface area contributed by atoms with Crippen molar-refractivity contribution in [1.82, 2.24) is 15.1 Å². The molecule has 2 rings (SSSR count). The molecule has 102 valence electrons. The van der Waals surface area contributed by atoms with Gasteiger partial charge >= 0.3 is 0 Å². The average molecular weight is 271 g/mol. The number of nitrogens with zero attached hydrogens (tertiary/aromatic N) is 2. The molecule has 1 atom stereocenters. The summed E-state index contributed by atoms with van der Waals surface area (Å²) in [6, 6.07) is 2.32. The molecular formula is C12H21N3O2S. The van der Waals surface area contributed by atoms with Crippen LogP contribution in [0.4, 0.5) is 0 Å². The summed E-state index contributed by atoms with van der Waals surface area (Å²) >= 11 is 0. The molecule has 0 radical (unpaired) electrons. The summed E-state index contributed by atoms with van der Waals surface area (Å²) in [6.45, 7) is 6.74. The van der Waals surface area contributed by atoms with E-state index in [0.717, 1.165) is 5.69 Å². The van der Waals surface area contributed by atoms with Crippen molar-refractivity contribution in [2.45, 2.75) is 45.3 Å². The fraction of sp³-hybridized carbons (Fsp3) is 0.750. The zero-order valence-electron chi connectivity index (χ0n) is 11.2. The van der Waals surface area contributed by atoms with E-state index in [1.807, 2.05) is 23.9 Å². The van der Waals surface area contributed by atoms with Crippen molar-refractivity contribution in [1.29, 1.82) is 0 Å². The van der Waals surface area contributed by atoms with E-state index in [1.54, 1.807) is 0 Å². The fourth-order valence-corrected chi connectivity index (χ4v) is 4.34. The summed E-state index contributed by atoms with van der Waals surface area (Å²) in [5, 5.41) is 7.77. The van der Waals surface area contributed by atoms with E-state index >= 15 is 0 Å². The maximum Gasteiger partial charge on any atom is 0.152 e. The molecule has 18 heavy (non-hydrogen) atoms. The first-order chi connectivity index (χ1) is 8.30. The van der Waals surface area contributed by atoms with Crippen molar-refractivity contribution < 1.29 is 8.42 Å². The van der Waals surface area contributed by atoms with Gasteiger partial charge in [0, 0.05) is 24.3 Å². The standard InChI is InChI=1S/C12H21N3O2S/c1-10(2)15-6-4-11(14-15)8-13-12(3)5-7-18(16,17)9-12/h4,6,10,13H,5,7-9H2,1-3H3. The highest BCUT2D eigenvalue weighted by molar-refractivity contribution is 7.91. The molecule has 0 saturated carbocycles. The minimum atomic E-state index is -2.85. The number of hydrogen-bond donors (Lipinski definition) is 1. The molecule has 0 bridgehead atoms. The molecule has 1 fully saturated rings. The van der Waals surface area contributed by atoms with Crippen molar-refractivity contribution in [2.24, 2.45) is 0 Å². The van der Waals surface area contributed by atoms with Crippen molar-refractivity contribution in [3.63, 3.8) is 0 Å². The predicted octanol–water partition coefficient (Wildman–Crippen LogP) is 1.13. The normalized spacial score (nSPS) is 26.9. The summed E-state index contributed by atoms with van der Waals surface area (Å²) in [7, 11) is -2.85. The van der Waals surface area contributed by atoms with Crippen molar-refractivity contribution >= 4 is 9.84 Å². The van der Waals surface area contributed by atoms with Gasteiger partial charge in [-0.25, -0.2) is 8.42 Å². The first-order valence-corrected chi connectivity index (χ1v) is 8.11. The minimum Gasteiger partial charge on any atom is -0.305 e. The molecule has 0 spiro atoms. The molecule has 1 aliphatic rings. The Bertz CT molecular complexity index is 521. The van der Waals surface area contributed by atoms with Crippen LogP contribution in [0.5, 0.6) is 0 Å². The Morgan fingerprint density at radius 2 is 2.28 bits per heavy atom. The smallest absolute Gasteiger partial charge is 0.152 e. The Morgan fingerprint density at radius 3 is 2.78 bits per heavy atom. The third kappa shape index (κ3) is 3.11. The van der Waals surface area contributed by atoms with Crippen LogP contribution in [0.3, 0.4) is 0 Å². The van der Waals surface area contributed by atoms with E-state index in [1.165, 1.54) is 0 Å². The molecule has 1 aliphatic heterocycles. The Labute approximate surface area is 108 Å². The zero-order valence-corrected chi connectivity index (χ0v) is 12.0. The average Bonchev–Trinajstić information content (AvgIpc) is 2.81. The Morgan fingerprint density at radius 1 is 1.56 bits per heavy atom. The van der Waals surface area contributed by atoms with Gasteiger partial charge in [-0.05, 0) is 33.3 Å². The Balaban J connectivity index is 1.95. The van der Waals surface area contributed by atoms with Crippen LogP contribution in [0.25, 0.3) is 0 Å². The van der Waals surface area contributed by atoms with Gasteiger partial charge in [-0.15, -0.1) is 0 Å². The topological polar surface area (TPSA) is 64.0 Å². The van der Waals surface area contributed by atoms with Gasteiger partial charge in [-0.1, -0.05) is 0 Å². The number of nitrogens with one attached hydrogen (secondary N) is 1. The van der Waals surface area contributed by atoms with Gasteiger partial charge in [0.25, 0.3) is 0 Å². The molecule has 1 saturated heterocycles. The number of hydrogen-bond acceptors (Lipinski definition) is 4. The first-order valence-electron chi connectivity index (χ1n) is 6.29. The lowest BCUT2D eigenvalue weighted by atomic mass is 10.0. The van der Waals surface area contributed by atoms with E-state index in [2.05, 4.69) is 24.3 Å². The fourth-order valence-electron chi connectivity index (χ4n) is 2.21. The zero-order chi connectivity index (χ0) is 13.4. The third-order valence-electron chi connectivity index (χ3n) is 3.39. The van der Waals surface area contributed by atoms with Crippen LogP contribution in [0.2, 0.25) is 0 Å². The third-order valence-corrected chi connectivity index (χ3v) is 5.30. The number of sulfone groups is 1. The summed E-state index contributed by atoms with van der Waals surface area (Å²) in [4.78, 5) is 0. The van der Waals surface area contributed by atoms with Gasteiger partial charge in [0.1, 0.15) is 0 Å². The van der Waals surface area contributed by atoms with Gasteiger partial charge in [-0.3, -0.25) is 4.68 Å². The molecule has 1 N–H and O–H groups in total. The molecule has 0 aromatic carbocycles. The van der Waals surface area contributed by atoms with Gasteiger partial charge in [0.05, 0.1) is 17.2 Å². The molecule has 5 nitrogen and oxygen atoms in total. The van der Waals surface area contributed by atoms with Crippen molar-refractivity contribution in [3.05, 3.63) is 18.0 Å². The highest BCUT2D eigenvalue weighted by Gasteiger charge is 2.37. The summed E-state index contributed by atoms with van der Waals surface area (Å²) in [5.74, 6) is 0.516. The van der Waals surface area contributed by atoms with Gasteiger partial charge in [0.15, 0.2) is 9.84 Å². The highest BCUT2D eigenvalue weighted by Crippen LogP contribution is 2.23. The first kappa shape index (κ1) is 13.5. The van der Waals surface area contributed by atoms with Crippen LogP contribution in [0, 0.1) is 0 Å². The number of rotatable bonds is 4. The second-order valence-corrected chi connectivity index (χ2v) is 7.82. The summed E-state index contributed by atoms with van der Waals surface area (Å²) in [5.41, 5.74) is 0.648. The molecule has 1 aromatic rings. The van der Waals surface area contributed by atoms with Crippen LogP contribution < -0.4 is 5.32 Å². The summed E-state index contributed by atoms with van der Waals surface area (Å²) in [6.07, 6.45) is 2.63. The predicted molar refractivity (Wildman–Crippen MR) is 71.1 cm³/mol. The van der Waals surface area contributed by atoms with E-state index in [9.17, 15) is 8.42 Å². The second kappa shape index (κ2) is 4.66. The SMILES string of the molecule is CC(C)n1ccc(CNC2(C)CCS(=O)(=O)C2)n1. The lowest BCUT2D eigenvalue weighted by Gasteiger charge is -2.23. The van der Waals surface area contributed by atoms with Crippen molar-refractivity contribution in [3.8, 4) is 0 Å². The minimum absolute atomic E-state index is 0.227. The van der Waals surface area contributed by atoms with Gasteiger partial charge in [-0.2, -0.15) is 5.10 Å². The van der Waals surface area contributed by atoms with Gasteiger partial charge < -0.3 is 5.32 Å². The molecule has 2 heterocycles. The molecule has 1 aromatic heterocycles. The van der Waals surface area contributed by atoms with E-state index < -0.39 is 9.84 Å². The van der Waals surface area contributed by atoms with Crippen LogP contribution in [-0.4, -0.2) is 35.2 Å². The Kier molecular flexibility index (Phi) is 3.51. The second-order valence-electron chi connectivity index (χ2n) is 5.64. The molecule has 1 unspecified atom stereocenters. The molecule has 0 amide bonds. The monoisotopic (exact) mass is 271 g/mol. The summed E-state index contributed by atoms with van der Waals surface area (Å²) < 4.78 is 24.9. The van der Waals surface area contributed by atoms with Crippen LogP contribution >= 0.6 is 0 Å². The lowest BCUT2D eigenvalue weighted by molar-refractivity contribution is 0.390. The van der Waals surface area contributed by atoms with Gasteiger partial charge in [0.2, 0.25) is 0 Å². The van der Waals surface area contributed by atoms with E-state index in [0.29, 0.717) is 19.0 Å². The largest absolute Gasteiger partial charge is 0.305 e. The van der Waals surface area contributed by atoms with Crippen LogP contribution in [0.1, 0.15) is 38.9 Å².